The van der Waals surface area contributed by atoms with Gasteiger partial charge in [-0.3, -0.25) is 4.79 Å². The molecule has 4 nitrogen and oxygen atoms in total. The zero-order chi connectivity index (χ0) is 14.5. The van der Waals surface area contributed by atoms with Gasteiger partial charge in [0.2, 0.25) is 0 Å². The summed E-state index contributed by atoms with van der Waals surface area (Å²) in [6.07, 6.45) is 3.63. The van der Waals surface area contributed by atoms with Crippen LogP contribution >= 0.6 is 0 Å². The number of carbonyl (C=O) groups is 1. The van der Waals surface area contributed by atoms with Crippen LogP contribution in [-0.4, -0.2) is 37.9 Å². The molecule has 0 heterocycles. The van der Waals surface area contributed by atoms with Crippen LogP contribution in [0.3, 0.4) is 0 Å². The fourth-order valence-electron chi connectivity index (χ4n) is 2.46. The summed E-state index contributed by atoms with van der Waals surface area (Å²) in [4.78, 5) is 12.0. The fourth-order valence-corrected chi connectivity index (χ4v) is 2.46. The minimum Gasteiger partial charge on any atom is -0.465 e. The van der Waals surface area contributed by atoms with Gasteiger partial charge in [0.1, 0.15) is 5.54 Å². The van der Waals surface area contributed by atoms with Gasteiger partial charge in [-0.2, -0.15) is 0 Å². The van der Waals surface area contributed by atoms with Crippen molar-refractivity contribution >= 4 is 5.97 Å². The van der Waals surface area contributed by atoms with Gasteiger partial charge in [0.05, 0.1) is 12.7 Å². The summed E-state index contributed by atoms with van der Waals surface area (Å²) in [5.41, 5.74) is -0.248. The van der Waals surface area contributed by atoms with Crippen molar-refractivity contribution in [1.82, 2.24) is 5.32 Å². The molecule has 0 aromatic heterocycles. The third-order valence-corrected chi connectivity index (χ3v) is 3.82. The monoisotopic (exact) mass is 271 g/mol. The van der Waals surface area contributed by atoms with Crippen molar-refractivity contribution in [3.63, 3.8) is 0 Å². The molecule has 2 atom stereocenters. The number of hydrogen-bond donors (Lipinski definition) is 1. The van der Waals surface area contributed by atoms with Crippen LogP contribution in [0.15, 0.2) is 0 Å². The van der Waals surface area contributed by atoms with Crippen molar-refractivity contribution in [3.05, 3.63) is 0 Å². The number of esters is 1. The summed E-state index contributed by atoms with van der Waals surface area (Å²) in [6, 6.07) is 0. The Morgan fingerprint density at radius 3 is 2.63 bits per heavy atom. The van der Waals surface area contributed by atoms with E-state index in [0.29, 0.717) is 18.4 Å². The van der Waals surface area contributed by atoms with Crippen molar-refractivity contribution in [3.8, 4) is 0 Å². The normalized spacial score (nSPS) is 27.5. The Kier molecular flexibility index (Phi) is 5.81. The molecule has 1 N–H and O–H groups in total. The Labute approximate surface area is 117 Å². The molecule has 1 saturated carbocycles. The molecular formula is C15H29NO3. The largest absolute Gasteiger partial charge is 0.465 e. The van der Waals surface area contributed by atoms with E-state index in [9.17, 15) is 4.79 Å². The van der Waals surface area contributed by atoms with E-state index in [0.717, 1.165) is 25.9 Å². The minimum absolute atomic E-state index is 0.139. The molecule has 1 fully saturated rings. The lowest BCUT2D eigenvalue weighted by Gasteiger charge is -2.26. The number of likely N-dealkylation sites (N-methyl/N-ethyl adjacent to an activating group) is 1. The highest BCUT2D eigenvalue weighted by Gasteiger charge is 2.45. The zero-order valence-electron chi connectivity index (χ0n) is 13.0. The Bertz CT molecular complexity index is 298. The SMILES string of the molecule is CCOC(=O)C1(NC)CCC(OCCC(C)(C)C)C1. The lowest BCUT2D eigenvalue weighted by atomic mass is 9.93. The molecule has 0 aromatic rings. The van der Waals surface area contributed by atoms with Gasteiger partial charge in [-0.25, -0.2) is 0 Å². The van der Waals surface area contributed by atoms with Gasteiger partial charge in [0.15, 0.2) is 0 Å². The third kappa shape index (κ3) is 4.77. The molecule has 2 unspecified atom stereocenters. The second-order valence-electron chi connectivity index (χ2n) is 6.60. The molecule has 0 amide bonds. The number of rotatable bonds is 6. The van der Waals surface area contributed by atoms with Crippen LogP contribution in [0.1, 0.15) is 53.4 Å². The van der Waals surface area contributed by atoms with Crippen LogP contribution in [0.2, 0.25) is 0 Å². The number of ether oxygens (including phenoxy) is 2. The minimum atomic E-state index is -0.539. The van der Waals surface area contributed by atoms with Crippen molar-refractivity contribution in [2.45, 2.75) is 65.0 Å². The first-order valence-corrected chi connectivity index (χ1v) is 7.31. The maximum Gasteiger partial charge on any atom is 0.326 e. The van der Waals surface area contributed by atoms with E-state index >= 15 is 0 Å². The maximum absolute atomic E-state index is 12.0. The quantitative estimate of drug-likeness (QED) is 0.754. The van der Waals surface area contributed by atoms with E-state index in [1.54, 1.807) is 0 Å². The average molecular weight is 271 g/mol. The lowest BCUT2D eigenvalue weighted by molar-refractivity contribution is -0.151. The molecule has 112 valence electrons. The molecule has 1 rings (SSSR count). The number of nitrogens with one attached hydrogen (secondary N) is 1. The first kappa shape index (κ1) is 16.4. The number of carbonyl (C=O) groups excluding carboxylic acids is 1. The van der Waals surface area contributed by atoms with E-state index in [2.05, 4.69) is 26.1 Å². The molecule has 0 saturated heterocycles. The van der Waals surface area contributed by atoms with Crippen LogP contribution in [-0.2, 0) is 14.3 Å². The Morgan fingerprint density at radius 1 is 1.42 bits per heavy atom. The Hall–Kier alpha value is -0.610. The standard InChI is InChI=1S/C15H29NO3/c1-6-18-13(17)15(16-5)8-7-12(11-15)19-10-9-14(2,3)4/h12,16H,6-11H2,1-5H3. The molecule has 0 aromatic carbocycles. The maximum atomic E-state index is 12.0. The summed E-state index contributed by atoms with van der Waals surface area (Å²) in [6.45, 7) is 9.66. The number of hydrogen-bond acceptors (Lipinski definition) is 4. The molecule has 1 aliphatic rings. The molecule has 0 spiro atoms. The van der Waals surface area contributed by atoms with Gasteiger partial charge in [0.25, 0.3) is 0 Å². The van der Waals surface area contributed by atoms with Crippen LogP contribution in [0, 0.1) is 5.41 Å². The predicted molar refractivity (Wildman–Crippen MR) is 76.1 cm³/mol. The van der Waals surface area contributed by atoms with Gasteiger partial charge in [-0.05, 0) is 38.6 Å². The zero-order valence-corrected chi connectivity index (χ0v) is 13.0. The van der Waals surface area contributed by atoms with Crippen molar-refractivity contribution < 1.29 is 14.3 Å². The molecule has 0 radical (unpaired) electrons. The average Bonchev–Trinajstić information content (AvgIpc) is 2.73. The summed E-state index contributed by atoms with van der Waals surface area (Å²) in [5, 5.41) is 3.14. The second-order valence-corrected chi connectivity index (χ2v) is 6.60. The van der Waals surface area contributed by atoms with Gasteiger partial charge in [0, 0.05) is 13.0 Å². The molecule has 0 bridgehead atoms. The van der Waals surface area contributed by atoms with Crippen LogP contribution in [0.5, 0.6) is 0 Å². The lowest BCUT2D eigenvalue weighted by Crippen LogP contribution is -2.49. The highest BCUT2D eigenvalue weighted by molar-refractivity contribution is 5.81. The van der Waals surface area contributed by atoms with E-state index in [1.807, 2.05) is 14.0 Å². The van der Waals surface area contributed by atoms with Crippen LogP contribution in [0.25, 0.3) is 0 Å². The third-order valence-electron chi connectivity index (χ3n) is 3.82. The van der Waals surface area contributed by atoms with E-state index in [-0.39, 0.29) is 12.1 Å². The molecular weight excluding hydrogens is 242 g/mol. The Balaban J connectivity index is 2.44. The van der Waals surface area contributed by atoms with Crippen molar-refractivity contribution in [2.75, 3.05) is 20.3 Å². The molecule has 0 aliphatic heterocycles. The van der Waals surface area contributed by atoms with Crippen LogP contribution < -0.4 is 5.32 Å². The van der Waals surface area contributed by atoms with Gasteiger partial charge >= 0.3 is 5.97 Å². The predicted octanol–water partition coefficient (Wildman–Crippen LogP) is 2.51. The van der Waals surface area contributed by atoms with E-state index in [4.69, 9.17) is 9.47 Å². The fraction of sp³-hybridized carbons (Fsp3) is 0.933. The first-order chi connectivity index (χ1) is 8.83. The van der Waals surface area contributed by atoms with Crippen molar-refractivity contribution in [1.29, 1.82) is 0 Å². The van der Waals surface area contributed by atoms with Gasteiger partial charge in [-0.1, -0.05) is 20.8 Å². The first-order valence-electron chi connectivity index (χ1n) is 7.31. The molecule has 1 aliphatic carbocycles. The topological polar surface area (TPSA) is 47.6 Å². The van der Waals surface area contributed by atoms with Crippen molar-refractivity contribution in [2.24, 2.45) is 5.41 Å². The smallest absolute Gasteiger partial charge is 0.326 e. The van der Waals surface area contributed by atoms with Crippen LogP contribution in [0.4, 0.5) is 0 Å². The highest BCUT2D eigenvalue weighted by atomic mass is 16.5. The van der Waals surface area contributed by atoms with E-state index < -0.39 is 5.54 Å². The van der Waals surface area contributed by atoms with Gasteiger partial charge in [-0.15, -0.1) is 0 Å². The summed E-state index contributed by atoms with van der Waals surface area (Å²) in [7, 11) is 1.83. The summed E-state index contributed by atoms with van der Waals surface area (Å²) in [5.74, 6) is -0.139. The van der Waals surface area contributed by atoms with E-state index in [1.165, 1.54) is 0 Å². The second kappa shape index (κ2) is 6.71. The summed E-state index contributed by atoms with van der Waals surface area (Å²) < 4.78 is 11.1. The highest BCUT2D eigenvalue weighted by Crippen LogP contribution is 2.33. The Morgan fingerprint density at radius 2 is 2.11 bits per heavy atom. The summed E-state index contributed by atoms with van der Waals surface area (Å²) >= 11 is 0. The van der Waals surface area contributed by atoms with Gasteiger partial charge < -0.3 is 14.8 Å². The molecule has 4 heteroatoms. The molecule has 19 heavy (non-hydrogen) atoms.